The summed E-state index contributed by atoms with van der Waals surface area (Å²) in [5.74, 6) is 2.55. The largest absolute Gasteiger partial charge is 0.327 e. The monoisotopic (exact) mass is 259 g/mol. The number of imidazole rings is 1. The van der Waals surface area contributed by atoms with Gasteiger partial charge in [-0.25, -0.2) is 4.98 Å². The molecule has 0 aliphatic heterocycles. The minimum absolute atomic E-state index is 0.694. The van der Waals surface area contributed by atoms with Crippen LogP contribution < -0.4 is 5.32 Å². The molecule has 1 aromatic carbocycles. The Hall–Kier alpha value is -1.35. The van der Waals surface area contributed by atoms with E-state index in [0.717, 1.165) is 36.9 Å². The van der Waals surface area contributed by atoms with Crippen LogP contribution in [0.15, 0.2) is 24.3 Å². The molecule has 104 valence electrons. The summed E-state index contributed by atoms with van der Waals surface area (Å²) in [4.78, 5) is 4.73. The molecule has 0 bridgehead atoms. The van der Waals surface area contributed by atoms with Crippen LogP contribution in [0.25, 0.3) is 11.0 Å². The van der Waals surface area contributed by atoms with Crippen LogP contribution in [0, 0.1) is 11.8 Å². The van der Waals surface area contributed by atoms with Gasteiger partial charge in [0, 0.05) is 6.54 Å². The minimum atomic E-state index is 0.694. The molecule has 0 fully saturated rings. The van der Waals surface area contributed by atoms with Crippen LogP contribution in [0.5, 0.6) is 0 Å². The van der Waals surface area contributed by atoms with E-state index in [1.54, 1.807) is 0 Å². The van der Waals surface area contributed by atoms with Gasteiger partial charge in [-0.05, 0) is 37.4 Å². The molecule has 0 aliphatic rings. The summed E-state index contributed by atoms with van der Waals surface area (Å²) in [5, 5.41) is 3.54. The van der Waals surface area contributed by atoms with Crippen molar-refractivity contribution in [2.45, 2.75) is 40.8 Å². The van der Waals surface area contributed by atoms with Crippen molar-refractivity contribution in [2.24, 2.45) is 11.8 Å². The summed E-state index contributed by atoms with van der Waals surface area (Å²) in [5.41, 5.74) is 2.33. The van der Waals surface area contributed by atoms with E-state index in [0.29, 0.717) is 5.92 Å². The van der Waals surface area contributed by atoms with Gasteiger partial charge in [-0.3, -0.25) is 0 Å². The van der Waals surface area contributed by atoms with Gasteiger partial charge in [0.15, 0.2) is 0 Å². The molecule has 1 unspecified atom stereocenters. The molecule has 0 aliphatic carbocycles. The van der Waals surface area contributed by atoms with Crippen molar-refractivity contribution in [3.63, 3.8) is 0 Å². The molecule has 0 saturated carbocycles. The summed E-state index contributed by atoms with van der Waals surface area (Å²) in [7, 11) is 0. The van der Waals surface area contributed by atoms with E-state index in [4.69, 9.17) is 4.98 Å². The van der Waals surface area contributed by atoms with Crippen molar-refractivity contribution in [2.75, 3.05) is 6.54 Å². The van der Waals surface area contributed by atoms with Crippen LogP contribution in [0.4, 0.5) is 0 Å². The SMILES string of the molecule is CCn1c(CNCC(C)C(C)C)nc2ccccc21. The van der Waals surface area contributed by atoms with Crippen molar-refractivity contribution in [1.29, 1.82) is 0 Å². The number of rotatable bonds is 6. The number of fused-ring (bicyclic) bond motifs is 1. The molecule has 1 heterocycles. The lowest BCUT2D eigenvalue weighted by atomic mass is 9.98. The van der Waals surface area contributed by atoms with E-state index in [1.165, 1.54) is 5.52 Å². The lowest BCUT2D eigenvalue weighted by molar-refractivity contribution is 0.389. The van der Waals surface area contributed by atoms with Crippen LogP contribution >= 0.6 is 0 Å². The second-order valence-electron chi connectivity index (χ2n) is 5.61. The molecule has 1 aromatic heterocycles. The second kappa shape index (κ2) is 6.20. The Labute approximate surface area is 116 Å². The number of nitrogens with zero attached hydrogens (tertiary/aromatic N) is 2. The van der Waals surface area contributed by atoms with Crippen LogP contribution in [0.1, 0.15) is 33.5 Å². The summed E-state index contributed by atoms with van der Waals surface area (Å²) < 4.78 is 2.29. The first-order valence-corrected chi connectivity index (χ1v) is 7.28. The number of aryl methyl sites for hydroxylation is 1. The average molecular weight is 259 g/mol. The number of hydrogen-bond donors (Lipinski definition) is 1. The fourth-order valence-corrected chi connectivity index (χ4v) is 2.26. The van der Waals surface area contributed by atoms with Crippen molar-refractivity contribution >= 4 is 11.0 Å². The lowest BCUT2D eigenvalue weighted by Gasteiger charge is -2.16. The number of hydrogen-bond acceptors (Lipinski definition) is 2. The maximum Gasteiger partial charge on any atom is 0.123 e. The van der Waals surface area contributed by atoms with E-state index in [9.17, 15) is 0 Å². The molecule has 0 amide bonds. The number of benzene rings is 1. The van der Waals surface area contributed by atoms with Crippen molar-refractivity contribution in [3.8, 4) is 0 Å². The zero-order chi connectivity index (χ0) is 13.8. The smallest absolute Gasteiger partial charge is 0.123 e. The maximum absolute atomic E-state index is 4.73. The first kappa shape index (κ1) is 14.1. The van der Waals surface area contributed by atoms with Gasteiger partial charge in [-0.2, -0.15) is 0 Å². The summed E-state index contributed by atoms with van der Waals surface area (Å²) in [6, 6.07) is 8.36. The topological polar surface area (TPSA) is 29.9 Å². The van der Waals surface area contributed by atoms with Gasteiger partial charge in [0.1, 0.15) is 5.82 Å². The first-order valence-electron chi connectivity index (χ1n) is 7.28. The van der Waals surface area contributed by atoms with E-state index in [-0.39, 0.29) is 0 Å². The highest BCUT2D eigenvalue weighted by atomic mass is 15.1. The summed E-state index contributed by atoms with van der Waals surface area (Å²) in [6.07, 6.45) is 0. The van der Waals surface area contributed by atoms with Crippen molar-refractivity contribution in [3.05, 3.63) is 30.1 Å². The van der Waals surface area contributed by atoms with Crippen LogP contribution in [0.2, 0.25) is 0 Å². The van der Waals surface area contributed by atoms with E-state index in [2.05, 4.69) is 55.8 Å². The molecule has 2 rings (SSSR count). The van der Waals surface area contributed by atoms with Gasteiger partial charge in [-0.1, -0.05) is 32.9 Å². The third-order valence-electron chi connectivity index (χ3n) is 3.94. The highest BCUT2D eigenvalue weighted by molar-refractivity contribution is 5.75. The van der Waals surface area contributed by atoms with Crippen molar-refractivity contribution in [1.82, 2.24) is 14.9 Å². The average Bonchev–Trinajstić information content (AvgIpc) is 2.75. The Morgan fingerprint density at radius 2 is 1.95 bits per heavy atom. The molecule has 1 atom stereocenters. The third kappa shape index (κ3) is 3.16. The normalized spacial score (nSPS) is 13.3. The van der Waals surface area contributed by atoms with Crippen molar-refractivity contribution < 1.29 is 0 Å². The van der Waals surface area contributed by atoms with Crippen LogP contribution in [0.3, 0.4) is 0 Å². The zero-order valence-electron chi connectivity index (χ0n) is 12.5. The molecule has 0 radical (unpaired) electrons. The Morgan fingerprint density at radius 1 is 1.21 bits per heavy atom. The van der Waals surface area contributed by atoms with Gasteiger partial charge in [0.2, 0.25) is 0 Å². The number of nitrogens with one attached hydrogen (secondary N) is 1. The highest BCUT2D eigenvalue weighted by Gasteiger charge is 2.10. The van der Waals surface area contributed by atoms with Gasteiger partial charge >= 0.3 is 0 Å². The Bertz CT molecular complexity index is 528. The van der Waals surface area contributed by atoms with E-state index in [1.807, 2.05) is 6.07 Å². The molecular formula is C16H25N3. The quantitative estimate of drug-likeness (QED) is 0.861. The number of para-hydroxylation sites is 2. The third-order valence-corrected chi connectivity index (χ3v) is 3.94. The van der Waals surface area contributed by atoms with E-state index >= 15 is 0 Å². The Balaban J connectivity index is 2.08. The summed E-state index contributed by atoms with van der Waals surface area (Å²) in [6.45, 7) is 11.9. The van der Waals surface area contributed by atoms with Crippen LogP contribution in [-0.2, 0) is 13.1 Å². The predicted molar refractivity (Wildman–Crippen MR) is 81.1 cm³/mol. The molecule has 0 saturated heterocycles. The van der Waals surface area contributed by atoms with Gasteiger partial charge in [0.25, 0.3) is 0 Å². The standard InChI is InChI=1S/C16H25N3/c1-5-19-15-9-7-6-8-14(15)18-16(19)11-17-10-13(4)12(2)3/h6-9,12-13,17H,5,10-11H2,1-4H3. The fraction of sp³-hybridized carbons (Fsp3) is 0.562. The Morgan fingerprint density at radius 3 is 2.63 bits per heavy atom. The summed E-state index contributed by atoms with van der Waals surface area (Å²) >= 11 is 0. The maximum atomic E-state index is 4.73. The van der Waals surface area contributed by atoms with Gasteiger partial charge in [0.05, 0.1) is 17.6 Å². The highest BCUT2D eigenvalue weighted by Crippen LogP contribution is 2.16. The molecule has 3 nitrogen and oxygen atoms in total. The molecule has 0 spiro atoms. The molecule has 3 heteroatoms. The fourth-order valence-electron chi connectivity index (χ4n) is 2.26. The molecular weight excluding hydrogens is 234 g/mol. The first-order chi connectivity index (χ1) is 9.13. The molecule has 2 aromatic rings. The zero-order valence-corrected chi connectivity index (χ0v) is 12.5. The Kier molecular flexibility index (Phi) is 4.59. The van der Waals surface area contributed by atoms with Crippen LogP contribution in [-0.4, -0.2) is 16.1 Å². The lowest BCUT2D eigenvalue weighted by Crippen LogP contribution is -2.25. The predicted octanol–water partition coefficient (Wildman–Crippen LogP) is 3.44. The molecule has 1 N–H and O–H groups in total. The van der Waals surface area contributed by atoms with E-state index < -0.39 is 0 Å². The molecule has 19 heavy (non-hydrogen) atoms. The number of aromatic nitrogens is 2. The van der Waals surface area contributed by atoms with Gasteiger partial charge < -0.3 is 9.88 Å². The van der Waals surface area contributed by atoms with Gasteiger partial charge in [-0.15, -0.1) is 0 Å². The minimum Gasteiger partial charge on any atom is -0.327 e. The second-order valence-corrected chi connectivity index (χ2v) is 5.61.